The summed E-state index contributed by atoms with van der Waals surface area (Å²) < 4.78 is 46.2. The van der Waals surface area contributed by atoms with E-state index >= 15 is 0 Å². The van der Waals surface area contributed by atoms with Crippen LogP contribution in [0.1, 0.15) is 12.5 Å². The highest BCUT2D eigenvalue weighted by Crippen LogP contribution is 2.36. The molecular formula is C16H19F3N6O2S. The van der Waals surface area contributed by atoms with Crippen LogP contribution in [0.25, 0.3) is 0 Å². The number of nitrogens with zero attached hydrogens (tertiary/aromatic N) is 5. The van der Waals surface area contributed by atoms with Crippen LogP contribution in [-0.4, -0.2) is 57.7 Å². The SMILES string of the molecule is CC(Sc1nnnn1C)C(=O)Nc1cc(C(F)(F)F)ccc1N1CCOCC1. The maximum absolute atomic E-state index is 13.2. The molecule has 12 heteroatoms. The minimum absolute atomic E-state index is 0.116. The molecular weight excluding hydrogens is 397 g/mol. The third-order valence-electron chi connectivity index (χ3n) is 4.17. The summed E-state index contributed by atoms with van der Waals surface area (Å²) in [6.07, 6.45) is -4.51. The molecule has 1 aromatic carbocycles. The molecule has 1 aromatic heterocycles. The molecule has 0 spiro atoms. The number of carbonyl (C=O) groups is 1. The largest absolute Gasteiger partial charge is 0.416 e. The van der Waals surface area contributed by atoms with E-state index in [0.717, 1.165) is 23.9 Å². The van der Waals surface area contributed by atoms with E-state index < -0.39 is 22.9 Å². The summed E-state index contributed by atoms with van der Waals surface area (Å²) in [6.45, 7) is 3.64. The topological polar surface area (TPSA) is 85.2 Å². The van der Waals surface area contributed by atoms with Crippen LogP contribution in [0.4, 0.5) is 24.5 Å². The first-order valence-corrected chi connectivity index (χ1v) is 9.37. The van der Waals surface area contributed by atoms with Gasteiger partial charge in [0.2, 0.25) is 11.1 Å². The van der Waals surface area contributed by atoms with Crippen molar-refractivity contribution in [2.45, 2.75) is 23.5 Å². The molecule has 2 aromatic rings. The summed E-state index contributed by atoms with van der Waals surface area (Å²) in [6, 6.07) is 3.36. The van der Waals surface area contributed by atoms with Crippen molar-refractivity contribution in [1.82, 2.24) is 20.2 Å². The van der Waals surface area contributed by atoms with Crippen molar-refractivity contribution in [3.8, 4) is 0 Å². The Hall–Kier alpha value is -2.34. The van der Waals surface area contributed by atoms with Crippen molar-refractivity contribution in [3.05, 3.63) is 23.8 Å². The van der Waals surface area contributed by atoms with Crippen LogP contribution in [-0.2, 0) is 22.8 Å². The Morgan fingerprint density at radius 3 is 2.64 bits per heavy atom. The predicted octanol–water partition coefficient (Wildman–Crippen LogP) is 2.18. The number of hydrogen-bond acceptors (Lipinski definition) is 7. The Labute approximate surface area is 163 Å². The molecule has 1 saturated heterocycles. The molecule has 0 bridgehead atoms. The Bertz CT molecular complexity index is 838. The zero-order chi connectivity index (χ0) is 20.3. The molecule has 8 nitrogen and oxygen atoms in total. The molecule has 3 rings (SSSR count). The number of hydrogen-bond donors (Lipinski definition) is 1. The molecule has 1 aliphatic rings. The fraction of sp³-hybridized carbons (Fsp3) is 0.500. The van der Waals surface area contributed by atoms with Gasteiger partial charge in [0.15, 0.2) is 0 Å². The number of halogens is 3. The summed E-state index contributed by atoms with van der Waals surface area (Å²) in [5, 5.41) is 13.4. The fourth-order valence-electron chi connectivity index (χ4n) is 2.66. The van der Waals surface area contributed by atoms with E-state index in [-0.39, 0.29) is 5.69 Å². The normalized spacial score (nSPS) is 16.1. The summed E-state index contributed by atoms with van der Waals surface area (Å²) in [5.74, 6) is -0.443. The van der Waals surface area contributed by atoms with Gasteiger partial charge in [0.25, 0.3) is 0 Å². The maximum atomic E-state index is 13.2. The van der Waals surface area contributed by atoms with Crippen LogP contribution in [0.5, 0.6) is 0 Å². The predicted molar refractivity (Wildman–Crippen MR) is 97.2 cm³/mol. The molecule has 28 heavy (non-hydrogen) atoms. The van der Waals surface area contributed by atoms with Crippen molar-refractivity contribution in [3.63, 3.8) is 0 Å². The quantitative estimate of drug-likeness (QED) is 0.748. The summed E-state index contributed by atoms with van der Waals surface area (Å²) >= 11 is 1.11. The van der Waals surface area contributed by atoms with Crippen LogP contribution < -0.4 is 10.2 Å². The van der Waals surface area contributed by atoms with E-state index in [1.165, 1.54) is 10.7 Å². The Kier molecular flexibility index (Phi) is 6.08. The lowest BCUT2D eigenvalue weighted by Crippen LogP contribution is -2.37. The maximum Gasteiger partial charge on any atom is 0.416 e. The standard InChI is InChI=1S/C16H19F3N6O2S/c1-10(28-15-21-22-23-24(15)2)14(26)20-12-9-11(16(17,18)19)3-4-13(12)25-5-7-27-8-6-25/h3-4,9-10H,5-8H2,1-2H3,(H,20,26). The number of aromatic nitrogens is 4. The van der Waals surface area contributed by atoms with Crippen LogP contribution in [0.15, 0.2) is 23.4 Å². The van der Waals surface area contributed by atoms with E-state index in [4.69, 9.17) is 4.74 Å². The number of carbonyl (C=O) groups excluding carboxylic acids is 1. The molecule has 152 valence electrons. The van der Waals surface area contributed by atoms with Crippen molar-refractivity contribution >= 4 is 29.0 Å². The van der Waals surface area contributed by atoms with Gasteiger partial charge in [0, 0.05) is 20.1 Å². The van der Waals surface area contributed by atoms with Crippen LogP contribution in [0.2, 0.25) is 0 Å². The van der Waals surface area contributed by atoms with E-state index in [1.54, 1.807) is 14.0 Å². The van der Waals surface area contributed by atoms with Gasteiger partial charge in [-0.15, -0.1) is 5.10 Å². The zero-order valence-corrected chi connectivity index (χ0v) is 16.0. The number of alkyl halides is 3. The third-order valence-corrected chi connectivity index (χ3v) is 5.29. The number of thioether (sulfide) groups is 1. The van der Waals surface area contributed by atoms with Gasteiger partial charge in [0.1, 0.15) is 0 Å². The summed E-state index contributed by atoms with van der Waals surface area (Å²) in [4.78, 5) is 14.5. The Morgan fingerprint density at radius 1 is 1.32 bits per heavy atom. The van der Waals surface area contributed by atoms with Gasteiger partial charge in [-0.1, -0.05) is 11.8 Å². The Balaban J connectivity index is 1.83. The number of tetrazole rings is 1. The first kappa shape index (κ1) is 20.4. The molecule has 0 aliphatic carbocycles. The molecule has 1 aliphatic heterocycles. The van der Waals surface area contributed by atoms with Gasteiger partial charge in [-0.05, 0) is 35.5 Å². The second kappa shape index (κ2) is 8.35. The second-order valence-corrected chi connectivity index (χ2v) is 7.47. The van der Waals surface area contributed by atoms with Gasteiger partial charge >= 0.3 is 6.18 Å². The van der Waals surface area contributed by atoms with Crippen molar-refractivity contribution in [2.24, 2.45) is 7.05 Å². The highest BCUT2D eigenvalue weighted by atomic mass is 32.2. The van der Waals surface area contributed by atoms with E-state index in [2.05, 4.69) is 20.8 Å². The molecule has 1 unspecified atom stereocenters. The zero-order valence-electron chi connectivity index (χ0n) is 15.2. The fourth-order valence-corrected chi connectivity index (χ4v) is 3.41. The number of rotatable bonds is 5. The van der Waals surface area contributed by atoms with Gasteiger partial charge in [-0.25, -0.2) is 4.68 Å². The van der Waals surface area contributed by atoms with Gasteiger partial charge in [0.05, 0.1) is 35.4 Å². The van der Waals surface area contributed by atoms with E-state index in [0.29, 0.717) is 37.1 Å². The lowest BCUT2D eigenvalue weighted by Gasteiger charge is -2.31. The minimum Gasteiger partial charge on any atom is -0.378 e. The number of amides is 1. The number of anilines is 2. The van der Waals surface area contributed by atoms with Crippen molar-refractivity contribution in [1.29, 1.82) is 0 Å². The van der Waals surface area contributed by atoms with Gasteiger partial charge in [-0.3, -0.25) is 4.79 Å². The number of ether oxygens (including phenoxy) is 1. The number of benzene rings is 1. The molecule has 0 radical (unpaired) electrons. The van der Waals surface area contributed by atoms with Crippen molar-refractivity contribution in [2.75, 3.05) is 36.5 Å². The molecule has 1 fully saturated rings. The summed E-state index contributed by atoms with van der Waals surface area (Å²) in [5.41, 5.74) is -0.176. The average Bonchev–Trinajstić information content (AvgIpc) is 3.06. The molecule has 2 heterocycles. The van der Waals surface area contributed by atoms with Crippen LogP contribution in [0.3, 0.4) is 0 Å². The lowest BCUT2D eigenvalue weighted by atomic mass is 10.1. The Morgan fingerprint density at radius 2 is 2.04 bits per heavy atom. The molecule has 1 atom stereocenters. The number of morpholine rings is 1. The highest BCUT2D eigenvalue weighted by Gasteiger charge is 2.32. The number of aryl methyl sites for hydroxylation is 1. The smallest absolute Gasteiger partial charge is 0.378 e. The molecule has 1 N–H and O–H groups in total. The van der Waals surface area contributed by atoms with Crippen LogP contribution >= 0.6 is 11.8 Å². The first-order valence-electron chi connectivity index (χ1n) is 8.49. The van der Waals surface area contributed by atoms with E-state index in [9.17, 15) is 18.0 Å². The minimum atomic E-state index is -4.51. The van der Waals surface area contributed by atoms with Gasteiger partial charge < -0.3 is 15.0 Å². The average molecular weight is 416 g/mol. The first-order chi connectivity index (χ1) is 13.3. The molecule has 0 saturated carbocycles. The third kappa shape index (κ3) is 4.73. The molecule has 1 amide bonds. The second-order valence-electron chi connectivity index (χ2n) is 6.16. The van der Waals surface area contributed by atoms with Crippen molar-refractivity contribution < 1.29 is 22.7 Å². The monoisotopic (exact) mass is 416 g/mol. The lowest BCUT2D eigenvalue weighted by molar-refractivity contribution is -0.137. The summed E-state index contributed by atoms with van der Waals surface area (Å²) in [7, 11) is 1.64. The van der Waals surface area contributed by atoms with E-state index in [1.807, 2.05) is 4.90 Å². The van der Waals surface area contributed by atoms with Gasteiger partial charge in [-0.2, -0.15) is 13.2 Å². The number of nitrogens with one attached hydrogen (secondary N) is 1. The van der Waals surface area contributed by atoms with Crippen LogP contribution in [0, 0.1) is 0 Å². The highest BCUT2D eigenvalue weighted by molar-refractivity contribution is 8.00.